The third kappa shape index (κ3) is 5.33. The van der Waals surface area contributed by atoms with Crippen LogP contribution in [0.2, 0.25) is 0 Å². The Bertz CT molecular complexity index is 1120. The number of para-hydroxylation sites is 1. The van der Waals surface area contributed by atoms with Gasteiger partial charge in [-0.2, -0.15) is 0 Å². The summed E-state index contributed by atoms with van der Waals surface area (Å²) in [6, 6.07) is 10.6. The number of carbonyl (C=O) groups excluding carboxylic acids is 2. The Hall–Kier alpha value is -3.13. The minimum Gasteiger partial charge on any atom is -0.492 e. The van der Waals surface area contributed by atoms with Crippen LogP contribution in [0, 0.1) is 5.41 Å². The highest BCUT2D eigenvalue weighted by molar-refractivity contribution is 5.97. The van der Waals surface area contributed by atoms with Crippen LogP contribution in [-0.4, -0.2) is 72.1 Å². The van der Waals surface area contributed by atoms with Gasteiger partial charge >= 0.3 is 0 Å². The molecule has 5 rings (SSSR count). The monoisotopic (exact) mass is 493 g/mol. The number of hydrogen-bond donors (Lipinski definition) is 1. The lowest BCUT2D eigenvalue weighted by molar-refractivity contribution is 0.0303. The average molecular weight is 494 g/mol. The zero-order valence-corrected chi connectivity index (χ0v) is 20.7. The summed E-state index contributed by atoms with van der Waals surface area (Å²) in [7, 11) is 0. The molecule has 1 atom stereocenters. The first-order valence-electron chi connectivity index (χ1n) is 13.1. The summed E-state index contributed by atoms with van der Waals surface area (Å²) in [6.07, 6.45) is 8.11. The molecule has 2 amide bonds. The molecule has 0 aliphatic carbocycles. The predicted octanol–water partition coefficient (Wildman–Crippen LogP) is 3.48. The third-order valence-corrected chi connectivity index (χ3v) is 7.99. The van der Waals surface area contributed by atoms with Crippen molar-refractivity contribution in [1.29, 1.82) is 0 Å². The van der Waals surface area contributed by atoms with E-state index in [1.54, 1.807) is 6.07 Å². The normalized spacial score (nSPS) is 22.9. The highest BCUT2D eigenvalue weighted by Gasteiger charge is 2.37. The second-order valence-electron chi connectivity index (χ2n) is 10.3. The lowest BCUT2D eigenvalue weighted by Gasteiger charge is -2.42. The quantitative estimate of drug-likeness (QED) is 0.657. The standard InChI is InChI=1S/C28H35N3O5/c32-25-10-9-21(18-29-25)26(33)30-15-12-28(13-16-30)11-3-4-17-35-19-22-6-5-14-31(22)27(34)23-7-1-2-8-24(23)36-20-28/h1-2,7-10,18,22H,3-6,11-17,19-20H2,(H,29,32)/t22-/m0/s1. The number of aromatic amines is 1. The Balaban J connectivity index is 1.32. The molecule has 36 heavy (non-hydrogen) atoms. The minimum atomic E-state index is -0.219. The van der Waals surface area contributed by atoms with Crippen LogP contribution < -0.4 is 10.3 Å². The Morgan fingerprint density at radius 1 is 0.972 bits per heavy atom. The zero-order valence-electron chi connectivity index (χ0n) is 20.7. The van der Waals surface area contributed by atoms with Crippen LogP contribution in [0.1, 0.15) is 65.7 Å². The number of aromatic nitrogens is 1. The van der Waals surface area contributed by atoms with Gasteiger partial charge in [-0.1, -0.05) is 18.6 Å². The van der Waals surface area contributed by atoms with Crippen molar-refractivity contribution in [2.24, 2.45) is 5.41 Å². The lowest BCUT2D eigenvalue weighted by Crippen LogP contribution is -2.46. The van der Waals surface area contributed by atoms with Crippen molar-refractivity contribution in [1.82, 2.24) is 14.8 Å². The summed E-state index contributed by atoms with van der Waals surface area (Å²) in [5, 5.41) is 0. The second kappa shape index (κ2) is 10.9. The molecular weight excluding hydrogens is 458 g/mol. The molecule has 1 aromatic heterocycles. The van der Waals surface area contributed by atoms with E-state index in [-0.39, 0.29) is 28.8 Å². The summed E-state index contributed by atoms with van der Waals surface area (Å²) in [5.41, 5.74) is 0.821. The topological polar surface area (TPSA) is 91.9 Å². The van der Waals surface area contributed by atoms with Gasteiger partial charge in [0.2, 0.25) is 5.56 Å². The molecule has 4 heterocycles. The molecule has 0 bridgehead atoms. The van der Waals surface area contributed by atoms with Crippen LogP contribution in [0.5, 0.6) is 5.75 Å². The van der Waals surface area contributed by atoms with Crippen molar-refractivity contribution in [2.45, 2.75) is 51.0 Å². The largest absolute Gasteiger partial charge is 0.492 e. The van der Waals surface area contributed by atoms with Crippen LogP contribution in [-0.2, 0) is 4.74 Å². The van der Waals surface area contributed by atoms with Crippen molar-refractivity contribution >= 4 is 11.8 Å². The highest BCUT2D eigenvalue weighted by Crippen LogP contribution is 2.38. The molecule has 0 saturated carbocycles. The van der Waals surface area contributed by atoms with Gasteiger partial charge < -0.3 is 24.3 Å². The van der Waals surface area contributed by atoms with Crippen LogP contribution in [0.3, 0.4) is 0 Å². The van der Waals surface area contributed by atoms with E-state index < -0.39 is 0 Å². The Kier molecular flexibility index (Phi) is 7.41. The van der Waals surface area contributed by atoms with Crippen molar-refractivity contribution < 1.29 is 19.1 Å². The maximum absolute atomic E-state index is 13.5. The molecule has 2 aromatic rings. The van der Waals surface area contributed by atoms with Crippen LogP contribution >= 0.6 is 0 Å². The first kappa shape index (κ1) is 24.6. The lowest BCUT2D eigenvalue weighted by atomic mass is 9.75. The number of ether oxygens (including phenoxy) is 2. The number of carbonyl (C=O) groups is 2. The van der Waals surface area contributed by atoms with Gasteiger partial charge in [-0.05, 0) is 56.7 Å². The van der Waals surface area contributed by atoms with Gasteiger partial charge in [0.1, 0.15) is 5.75 Å². The number of benzene rings is 1. The van der Waals surface area contributed by atoms with E-state index in [0.29, 0.717) is 49.8 Å². The molecule has 2 saturated heterocycles. The molecule has 1 spiro atoms. The van der Waals surface area contributed by atoms with Gasteiger partial charge in [0, 0.05) is 43.9 Å². The second-order valence-corrected chi connectivity index (χ2v) is 10.3. The molecule has 8 heteroatoms. The van der Waals surface area contributed by atoms with E-state index >= 15 is 0 Å². The van der Waals surface area contributed by atoms with E-state index in [1.165, 1.54) is 12.3 Å². The summed E-state index contributed by atoms with van der Waals surface area (Å²) >= 11 is 0. The Labute approximate surface area is 211 Å². The molecular formula is C28H35N3O5. The summed E-state index contributed by atoms with van der Waals surface area (Å²) in [6.45, 7) is 3.82. The molecule has 3 aliphatic rings. The van der Waals surface area contributed by atoms with E-state index in [1.807, 2.05) is 34.1 Å². The van der Waals surface area contributed by atoms with E-state index in [9.17, 15) is 14.4 Å². The van der Waals surface area contributed by atoms with Gasteiger partial charge in [-0.15, -0.1) is 0 Å². The minimum absolute atomic E-state index is 0.0177. The van der Waals surface area contributed by atoms with Gasteiger partial charge in [-0.25, -0.2) is 0 Å². The van der Waals surface area contributed by atoms with Gasteiger partial charge in [-0.3, -0.25) is 14.4 Å². The summed E-state index contributed by atoms with van der Waals surface area (Å²) < 4.78 is 12.4. The summed E-state index contributed by atoms with van der Waals surface area (Å²) in [4.78, 5) is 44.2. The zero-order chi connectivity index (χ0) is 25.0. The Morgan fingerprint density at radius 2 is 1.81 bits per heavy atom. The van der Waals surface area contributed by atoms with Crippen molar-refractivity contribution in [3.63, 3.8) is 0 Å². The number of piperidine rings is 1. The first-order valence-corrected chi connectivity index (χ1v) is 13.1. The molecule has 0 radical (unpaired) electrons. The fraction of sp³-hybridized carbons (Fsp3) is 0.536. The number of amides is 2. The number of nitrogens with zero attached hydrogens (tertiary/aromatic N) is 2. The summed E-state index contributed by atoms with van der Waals surface area (Å²) in [5.74, 6) is 0.591. The number of fused-ring (bicyclic) bond motifs is 2. The number of H-pyrrole nitrogens is 1. The fourth-order valence-electron chi connectivity index (χ4n) is 5.73. The molecule has 1 aromatic carbocycles. The van der Waals surface area contributed by atoms with Gasteiger partial charge in [0.15, 0.2) is 0 Å². The average Bonchev–Trinajstić information content (AvgIpc) is 3.38. The predicted molar refractivity (Wildman–Crippen MR) is 135 cm³/mol. The number of hydrogen-bond acceptors (Lipinski definition) is 5. The Morgan fingerprint density at radius 3 is 2.61 bits per heavy atom. The van der Waals surface area contributed by atoms with Gasteiger partial charge in [0.05, 0.1) is 30.4 Å². The van der Waals surface area contributed by atoms with E-state index in [0.717, 1.165) is 51.5 Å². The molecule has 192 valence electrons. The first-order chi connectivity index (χ1) is 17.5. The molecule has 8 nitrogen and oxygen atoms in total. The van der Waals surface area contributed by atoms with E-state index in [4.69, 9.17) is 9.47 Å². The maximum Gasteiger partial charge on any atom is 0.257 e. The number of nitrogens with one attached hydrogen (secondary N) is 1. The van der Waals surface area contributed by atoms with Crippen LogP contribution in [0.25, 0.3) is 0 Å². The van der Waals surface area contributed by atoms with Gasteiger partial charge in [0.25, 0.3) is 11.8 Å². The molecule has 2 fully saturated rings. The SMILES string of the molecule is O=C(c1ccc(=O)[nH]c1)N1CCC2(CCCCOC[C@@H]3CCCN3C(=O)c3ccccc3OC2)CC1. The van der Waals surface area contributed by atoms with Crippen molar-refractivity contribution in [2.75, 3.05) is 39.5 Å². The molecule has 1 N–H and O–H groups in total. The van der Waals surface area contributed by atoms with E-state index in [2.05, 4.69) is 4.98 Å². The van der Waals surface area contributed by atoms with Crippen molar-refractivity contribution in [3.8, 4) is 5.75 Å². The number of pyridine rings is 1. The van der Waals surface area contributed by atoms with Crippen LogP contribution in [0.4, 0.5) is 0 Å². The number of likely N-dealkylation sites (tertiary alicyclic amines) is 1. The molecule has 0 unspecified atom stereocenters. The molecule has 3 aliphatic heterocycles. The third-order valence-electron chi connectivity index (χ3n) is 7.99. The maximum atomic E-state index is 13.5. The number of rotatable bonds is 1. The van der Waals surface area contributed by atoms with Crippen molar-refractivity contribution in [3.05, 3.63) is 64.1 Å². The van der Waals surface area contributed by atoms with Crippen LogP contribution in [0.15, 0.2) is 47.4 Å². The fourth-order valence-corrected chi connectivity index (χ4v) is 5.73. The smallest absolute Gasteiger partial charge is 0.257 e. The highest BCUT2D eigenvalue weighted by atomic mass is 16.5.